The number of ketones is 1. The second-order valence-corrected chi connectivity index (χ2v) is 8.91. The summed E-state index contributed by atoms with van der Waals surface area (Å²) in [6.07, 6.45) is 1.19. The Hall–Kier alpha value is -3.34. The standard InChI is InChI=1S/C26H27NO4/c1-16-22(25(29)30-4)23(24-20(27-16)14-26(2,3)15-21(24)28)17-9-8-12-19(13-17)31-18-10-6-5-7-11-18/h5-13,23,27H,14-15H2,1-4H3. The van der Waals surface area contributed by atoms with E-state index in [0.717, 1.165) is 29.1 Å². The number of hydrogen-bond donors (Lipinski definition) is 1. The molecule has 0 saturated carbocycles. The van der Waals surface area contributed by atoms with Gasteiger partial charge in [0.1, 0.15) is 11.5 Å². The van der Waals surface area contributed by atoms with E-state index >= 15 is 0 Å². The number of Topliss-reactive ketones (excluding diaryl/α,β-unsaturated/α-hetero) is 1. The smallest absolute Gasteiger partial charge is 0.336 e. The molecule has 0 saturated heterocycles. The highest BCUT2D eigenvalue weighted by Gasteiger charge is 2.43. The third-order valence-corrected chi connectivity index (χ3v) is 5.82. The summed E-state index contributed by atoms with van der Waals surface area (Å²) in [5, 5.41) is 3.33. The number of hydrogen-bond acceptors (Lipinski definition) is 5. The van der Waals surface area contributed by atoms with Crippen molar-refractivity contribution in [3.8, 4) is 11.5 Å². The number of benzene rings is 2. The SMILES string of the molecule is COC(=O)C1=C(C)NC2=C(C(=O)CC(C)(C)C2)C1c1cccc(Oc2ccccc2)c1. The van der Waals surface area contributed by atoms with Crippen LogP contribution in [0.5, 0.6) is 11.5 Å². The van der Waals surface area contributed by atoms with Crippen LogP contribution in [-0.4, -0.2) is 18.9 Å². The fraction of sp³-hybridized carbons (Fsp3) is 0.308. The highest BCUT2D eigenvalue weighted by molar-refractivity contribution is 6.04. The van der Waals surface area contributed by atoms with E-state index < -0.39 is 11.9 Å². The molecule has 0 bridgehead atoms. The van der Waals surface area contributed by atoms with E-state index in [1.165, 1.54) is 7.11 Å². The first-order chi connectivity index (χ1) is 14.8. The first-order valence-electron chi connectivity index (χ1n) is 10.4. The molecule has 2 aliphatic rings. The van der Waals surface area contributed by atoms with Crippen LogP contribution in [0.2, 0.25) is 0 Å². The number of rotatable bonds is 4. The van der Waals surface area contributed by atoms with Gasteiger partial charge in [-0.1, -0.05) is 44.2 Å². The lowest BCUT2D eigenvalue weighted by molar-refractivity contribution is -0.136. The monoisotopic (exact) mass is 417 g/mol. The van der Waals surface area contributed by atoms with E-state index in [9.17, 15) is 9.59 Å². The van der Waals surface area contributed by atoms with Gasteiger partial charge in [-0.3, -0.25) is 4.79 Å². The molecule has 1 heterocycles. The molecule has 0 fully saturated rings. The van der Waals surface area contributed by atoms with Gasteiger partial charge in [-0.15, -0.1) is 0 Å². The van der Waals surface area contributed by atoms with E-state index in [-0.39, 0.29) is 11.2 Å². The van der Waals surface area contributed by atoms with Crippen molar-refractivity contribution in [1.29, 1.82) is 0 Å². The van der Waals surface area contributed by atoms with Crippen molar-refractivity contribution in [2.24, 2.45) is 5.41 Å². The van der Waals surface area contributed by atoms with Gasteiger partial charge in [-0.05, 0) is 48.6 Å². The molecule has 31 heavy (non-hydrogen) atoms. The summed E-state index contributed by atoms with van der Waals surface area (Å²) in [6.45, 7) is 6.04. The van der Waals surface area contributed by atoms with Crippen molar-refractivity contribution in [2.45, 2.75) is 39.5 Å². The number of methoxy groups -OCH3 is 1. The zero-order valence-corrected chi connectivity index (χ0v) is 18.3. The Kier molecular flexibility index (Phi) is 5.44. The normalized spacial score (nSPS) is 20.1. The number of esters is 1. The van der Waals surface area contributed by atoms with Crippen molar-refractivity contribution in [1.82, 2.24) is 5.32 Å². The molecular weight excluding hydrogens is 390 g/mol. The lowest BCUT2D eigenvalue weighted by Gasteiger charge is -2.39. The number of carbonyl (C=O) groups is 2. The van der Waals surface area contributed by atoms with Crippen LogP contribution in [0.25, 0.3) is 0 Å². The van der Waals surface area contributed by atoms with Crippen LogP contribution in [0.3, 0.4) is 0 Å². The van der Waals surface area contributed by atoms with Gasteiger partial charge < -0.3 is 14.8 Å². The number of nitrogens with one attached hydrogen (secondary N) is 1. The van der Waals surface area contributed by atoms with Gasteiger partial charge in [0.05, 0.1) is 12.7 Å². The highest BCUT2D eigenvalue weighted by Crippen LogP contribution is 2.47. The Bertz CT molecular complexity index is 1100. The molecule has 5 nitrogen and oxygen atoms in total. The zero-order valence-electron chi connectivity index (χ0n) is 18.3. The summed E-state index contributed by atoms with van der Waals surface area (Å²) in [5.41, 5.74) is 3.43. The minimum atomic E-state index is -0.494. The molecule has 2 aromatic carbocycles. The second kappa shape index (κ2) is 8.06. The lowest BCUT2D eigenvalue weighted by Crippen LogP contribution is -2.38. The number of carbonyl (C=O) groups excluding carboxylic acids is 2. The predicted molar refractivity (Wildman–Crippen MR) is 119 cm³/mol. The van der Waals surface area contributed by atoms with Gasteiger partial charge >= 0.3 is 5.97 Å². The van der Waals surface area contributed by atoms with Crippen molar-refractivity contribution in [3.05, 3.63) is 82.7 Å². The third-order valence-electron chi connectivity index (χ3n) is 5.82. The quantitative estimate of drug-likeness (QED) is 0.688. The van der Waals surface area contributed by atoms with Crippen LogP contribution in [0.4, 0.5) is 0 Å². The van der Waals surface area contributed by atoms with Gasteiger partial charge in [0.2, 0.25) is 0 Å². The van der Waals surface area contributed by atoms with Crippen LogP contribution < -0.4 is 10.1 Å². The van der Waals surface area contributed by atoms with E-state index in [1.807, 2.05) is 61.5 Å². The Balaban J connectivity index is 1.81. The molecule has 0 aromatic heterocycles. The molecule has 4 rings (SSSR count). The maximum atomic E-state index is 13.3. The van der Waals surface area contributed by atoms with Crippen molar-refractivity contribution in [3.63, 3.8) is 0 Å². The Labute approximate surface area is 182 Å². The molecule has 160 valence electrons. The fourth-order valence-corrected chi connectivity index (χ4v) is 4.53. The molecule has 5 heteroatoms. The highest BCUT2D eigenvalue weighted by atomic mass is 16.5. The zero-order chi connectivity index (χ0) is 22.2. The van der Waals surface area contributed by atoms with Gasteiger partial charge in [0, 0.05) is 29.3 Å². The molecule has 0 spiro atoms. The third kappa shape index (κ3) is 4.13. The molecule has 2 aromatic rings. The summed E-state index contributed by atoms with van der Waals surface area (Å²) < 4.78 is 11.1. The average molecular weight is 418 g/mol. The Morgan fingerprint density at radius 2 is 1.74 bits per heavy atom. The summed E-state index contributed by atoms with van der Waals surface area (Å²) in [4.78, 5) is 26.0. The van der Waals surface area contributed by atoms with E-state index in [0.29, 0.717) is 23.3 Å². The maximum absolute atomic E-state index is 13.3. The number of dihydropyridines is 1. The summed E-state index contributed by atoms with van der Waals surface area (Å²) in [7, 11) is 1.37. The number of allylic oxidation sites excluding steroid dienone is 3. The van der Waals surface area contributed by atoms with E-state index in [4.69, 9.17) is 9.47 Å². The van der Waals surface area contributed by atoms with Gasteiger partial charge in [-0.2, -0.15) is 0 Å². The largest absolute Gasteiger partial charge is 0.466 e. The van der Waals surface area contributed by atoms with Crippen LogP contribution in [0, 0.1) is 5.41 Å². The fourth-order valence-electron chi connectivity index (χ4n) is 4.53. The molecule has 0 amide bonds. The average Bonchev–Trinajstić information content (AvgIpc) is 2.72. The molecule has 0 radical (unpaired) electrons. The Morgan fingerprint density at radius 3 is 2.45 bits per heavy atom. The Morgan fingerprint density at radius 1 is 1.03 bits per heavy atom. The summed E-state index contributed by atoms with van der Waals surface area (Å²) >= 11 is 0. The van der Waals surface area contributed by atoms with E-state index in [1.54, 1.807) is 0 Å². The van der Waals surface area contributed by atoms with Crippen LogP contribution in [-0.2, 0) is 14.3 Å². The molecule has 1 N–H and O–H groups in total. The van der Waals surface area contributed by atoms with Gasteiger partial charge in [-0.25, -0.2) is 4.79 Å². The maximum Gasteiger partial charge on any atom is 0.336 e. The van der Waals surface area contributed by atoms with Crippen LogP contribution in [0.15, 0.2) is 77.1 Å². The van der Waals surface area contributed by atoms with Gasteiger partial charge in [0.25, 0.3) is 0 Å². The predicted octanol–water partition coefficient (Wildman–Crippen LogP) is 5.26. The van der Waals surface area contributed by atoms with Crippen molar-refractivity contribution in [2.75, 3.05) is 7.11 Å². The molecule has 1 aliphatic carbocycles. The van der Waals surface area contributed by atoms with E-state index in [2.05, 4.69) is 19.2 Å². The molecular formula is C26H27NO4. The number of para-hydroxylation sites is 1. The summed E-state index contributed by atoms with van der Waals surface area (Å²) in [5.74, 6) is 0.502. The first kappa shape index (κ1) is 20.9. The minimum absolute atomic E-state index is 0.0621. The summed E-state index contributed by atoms with van der Waals surface area (Å²) in [6, 6.07) is 17.1. The van der Waals surface area contributed by atoms with Gasteiger partial charge in [0.15, 0.2) is 5.78 Å². The first-order valence-corrected chi connectivity index (χ1v) is 10.4. The topological polar surface area (TPSA) is 64.6 Å². The minimum Gasteiger partial charge on any atom is -0.466 e. The number of ether oxygens (including phenoxy) is 2. The lowest BCUT2D eigenvalue weighted by atomic mass is 9.68. The molecule has 1 aliphatic heterocycles. The molecule has 1 atom stereocenters. The van der Waals surface area contributed by atoms with Crippen molar-refractivity contribution < 1.29 is 19.1 Å². The van der Waals surface area contributed by atoms with Crippen LogP contribution >= 0.6 is 0 Å². The van der Waals surface area contributed by atoms with Crippen molar-refractivity contribution >= 4 is 11.8 Å². The molecule has 1 unspecified atom stereocenters. The van der Waals surface area contributed by atoms with Crippen LogP contribution in [0.1, 0.15) is 45.1 Å². The second-order valence-electron chi connectivity index (χ2n) is 8.91.